The molecule has 0 aliphatic rings. The van der Waals surface area contributed by atoms with Crippen LogP contribution in [0.1, 0.15) is 143 Å². The molecule has 6 nitrogen and oxygen atoms in total. The van der Waals surface area contributed by atoms with Crippen molar-refractivity contribution in [3.05, 3.63) is 122 Å². The van der Waals surface area contributed by atoms with Gasteiger partial charge in [-0.15, -0.1) is 0 Å². The maximum atomic E-state index is 12.6. The highest BCUT2D eigenvalue weighted by molar-refractivity contribution is 5.72. The van der Waals surface area contributed by atoms with E-state index in [9.17, 15) is 14.4 Å². The largest absolute Gasteiger partial charge is 0.462 e. The molecule has 300 valence electrons. The molecule has 6 heteroatoms. The second-order valence-corrected chi connectivity index (χ2v) is 12.9. The van der Waals surface area contributed by atoms with Crippen molar-refractivity contribution in [2.45, 2.75) is 149 Å². The van der Waals surface area contributed by atoms with Crippen molar-refractivity contribution in [3.8, 4) is 0 Å². The average Bonchev–Trinajstić information content (AvgIpc) is 3.17. The minimum Gasteiger partial charge on any atom is -0.462 e. The lowest BCUT2D eigenvalue weighted by molar-refractivity contribution is -0.166. The van der Waals surface area contributed by atoms with E-state index in [1.165, 1.54) is 0 Å². The summed E-state index contributed by atoms with van der Waals surface area (Å²) in [5.74, 6) is -1.15. The van der Waals surface area contributed by atoms with Crippen LogP contribution in [0.25, 0.3) is 0 Å². The summed E-state index contributed by atoms with van der Waals surface area (Å²) in [6.07, 6.45) is 56.5. The minimum absolute atomic E-state index is 0.116. The summed E-state index contributed by atoms with van der Waals surface area (Å²) in [6.45, 7) is 6.06. The van der Waals surface area contributed by atoms with E-state index >= 15 is 0 Å². The van der Waals surface area contributed by atoms with Crippen LogP contribution in [-0.4, -0.2) is 37.2 Å². The third kappa shape index (κ3) is 39.0. The molecule has 0 aromatic rings. The van der Waals surface area contributed by atoms with Gasteiger partial charge in [-0.25, -0.2) is 0 Å². The highest BCUT2D eigenvalue weighted by Gasteiger charge is 2.19. The molecule has 1 unspecified atom stereocenters. The van der Waals surface area contributed by atoms with Gasteiger partial charge < -0.3 is 14.2 Å². The lowest BCUT2D eigenvalue weighted by atomic mass is 10.1. The molecule has 0 saturated heterocycles. The monoisotopic (exact) mass is 745 g/mol. The van der Waals surface area contributed by atoms with Gasteiger partial charge in [-0.3, -0.25) is 14.4 Å². The Morgan fingerprint density at radius 2 is 0.833 bits per heavy atom. The quantitative estimate of drug-likeness (QED) is 0.0215. The summed E-state index contributed by atoms with van der Waals surface area (Å²) in [4.78, 5) is 37.5. The first-order chi connectivity index (χ1) is 26.5. The zero-order chi connectivity index (χ0) is 39.4. The van der Waals surface area contributed by atoms with Gasteiger partial charge in [-0.1, -0.05) is 162 Å². The number of rotatable bonds is 34. The van der Waals surface area contributed by atoms with Crippen molar-refractivity contribution in [2.24, 2.45) is 0 Å². The molecule has 0 saturated carbocycles. The highest BCUT2D eigenvalue weighted by Crippen LogP contribution is 2.10. The summed E-state index contributed by atoms with van der Waals surface area (Å²) in [7, 11) is 0. The van der Waals surface area contributed by atoms with Crippen LogP contribution in [0.15, 0.2) is 122 Å². The van der Waals surface area contributed by atoms with Crippen molar-refractivity contribution in [1.29, 1.82) is 0 Å². The predicted molar refractivity (Wildman–Crippen MR) is 228 cm³/mol. The Bertz CT molecular complexity index is 1220. The van der Waals surface area contributed by atoms with Gasteiger partial charge in [0.15, 0.2) is 6.10 Å². The zero-order valence-corrected chi connectivity index (χ0v) is 33.9. The fourth-order valence-corrected chi connectivity index (χ4v) is 4.82. The van der Waals surface area contributed by atoms with Crippen LogP contribution in [0, 0.1) is 0 Å². The van der Waals surface area contributed by atoms with E-state index in [0.717, 1.165) is 96.3 Å². The number of hydrogen-bond acceptors (Lipinski definition) is 6. The first kappa shape index (κ1) is 49.8. The van der Waals surface area contributed by atoms with Crippen LogP contribution >= 0.6 is 0 Å². The molecule has 0 bridgehead atoms. The first-order valence-corrected chi connectivity index (χ1v) is 20.6. The summed E-state index contributed by atoms with van der Waals surface area (Å²) in [5.41, 5.74) is 0. The van der Waals surface area contributed by atoms with E-state index < -0.39 is 12.1 Å². The van der Waals surface area contributed by atoms with Crippen LogP contribution in [-0.2, 0) is 28.6 Å². The predicted octanol–water partition coefficient (Wildman–Crippen LogP) is 13.0. The molecule has 0 rings (SSSR count). The Morgan fingerprint density at radius 1 is 0.407 bits per heavy atom. The number of hydrogen-bond donors (Lipinski definition) is 0. The van der Waals surface area contributed by atoms with Crippen LogP contribution in [0.3, 0.4) is 0 Å². The van der Waals surface area contributed by atoms with Gasteiger partial charge in [-0.2, -0.15) is 0 Å². The summed E-state index contributed by atoms with van der Waals surface area (Å²) < 4.78 is 16.5. The normalized spacial score (nSPS) is 13.3. The maximum Gasteiger partial charge on any atom is 0.309 e. The van der Waals surface area contributed by atoms with Crippen molar-refractivity contribution >= 4 is 17.9 Å². The van der Waals surface area contributed by atoms with E-state index in [1.807, 2.05) is 36.5 Å². The molecular weight excluding hydrogens is 673 g/mol. The minimum atomic E-state index is -0.843. The molecule has 0 N–H and O–H groups in total. The lowest BCUT2D eigenvalue weighted by Crippen LogP contribution is -2.30. The van der Waals surface area contributed by atoms with Gasteiger partial charge in [0, 0.05) is 12.8 Å². The highest BCUT2D eigenvalue weighted by atomic mass is 16.6. The Labute approximate surface area is 329 Å². The second-order valence-electron chi connectivity index (χ2n) is 12.9. The summed E-state index contributed by atoms with van der Waals surface area (Å²) >= 11 is 0. The second kappa shape index (κ2) is 41.6. The van der Waals surface area contributed by atoms with Crippen LogP contribution in [0.5, 0.6) is 0 Å². The topological polar surface area (TPSA) is 78.9 Å². The fourth-order valence-electron chi connectivity index (χ4n) is 4.82. The number of esters is 3. The molecule has 1 atom stereocenters. The molecule has 0 aliphatic heterocycles. The van der Waals surface area contributed by atoms with Crippen molar-refractivity contribution in [2.75, 3.05) is 13.2 Å². The Balaban J connectivity index is 4.58. The zero-order valence-electron chi connectivity index (χ0n) is 33.9. The Hall–Kier alpha value is -4.19. The number of carbonyl (C=O) groups is 3. The van der Waals surface area contributed by atoms with E-state index in [4.69, 9.17) is 14.2 Å². The third-order valence-electron chi connectivity index (χ3n) is 7.82. The number of allylic oxidation sites excluding steroid dienone is 19. The van der Waals surface area contributed by atoms with E-state index in [1.54, 1.807) is 6.08 Å². The van der Waals surface area contributed by atoms with Gasteiger partial charge >= 0.3 is 17.9 Å². The molecule has 0 amide bonds. The molecule has 0 spiro atoms. The van der Waals surface area contributed by atoms with Gasteiger partial charge in [0.1, 0.15) is 13.2 Å². The SMILES string of the molecule is CC\C=C/C=C\C=C/C=C\CCCCCCCC(=O)OCC(COC(=O)C/C=C\C/C=C\C/C=C\CC)OC(=O)CCCC/C=C\C/C=C\C/C=C\CC. The van der Waals surface area contributed by atoms with Crippen LogP contribution in [0.2, 0.25) is 0 Å². The molecule has 0 aliphatic carbocycles. The van der Waals surface area contributed by atoms with Gasteiger partial charge in [0.25, 0.3) is 0 Å². The van der Waals surface area contributed by atoms with Crippen LogP contribution in [0.4, 0.5) is 0 Å². The molecule has 0 radical (unpaired) electrons. The first-order valence-electron chi connectivity index (χ1n) is 20.6. The Morgan fingerprint density at radius 3 is 1.46 bits per heavy atom. The van der Waals surface area contributed by atoms with Crippen molar-refractivity contribution in [1.82, 2.24) is 0 Å². The molecule has 0 aromatic heterocycles. The van der Waals surface area contributed by atoms with E-state index in [-0.39, 0.29) is 38.0 Å². The smallest absolute Gasteiger partial charge is 0.309 e. The molecular formula is C48H72O6. The number of ether oxygens (including phenoxy) is 3. The van der Waals surface area contributed by atoms with Gasteiger partial charge in [-0.05, 0) is 83.5 Å². The standard InChI is InChI=1S/C48H72O6/c1-4-7-10-13-16-19-21-23-24-25-27-29-32-35-38-41-47(50)53-44-45(43-52-46(49)40-37-34-31-28-18-15-12-9-6-3)54-48(51)42-39-36-33-30-26-22-20-17-14-11-8-5-2/h7-13,16-21,23-24,26,28,30,34,37,45H,4-6,14-15,22,25,27,29,31-33,35-36,38-44H2,1-3H3/b10-7-,11-8-,12-9-,16-13-,20-17-,21-19-,24-23-,28-18-,30-26-,37-34-. The molecule has 0 fully saturated rings. The van der Waals surface area contributed by atoms with Gasteiger partial charge in [0.05, 0.1) is 6.42 Å². The molecule has 54 heavy (non-hydrogen) atoms. The maximum absolute atomic E-state index is 12.6. The third-order valence-corrected chi connectivity index (χ3v) is 7.82. The van der Waals surface area contributed by atoms with Crippen LogP contribution < -0.4 is 0 Å². The van der Waals surface area contributed by atoms with Crippen molar-refractivity contribution in [3.63, 3.8) is 0 Å². The fraction of sp³-hybridized carbons (Fsp3) is 0.521. The average molecular weight is 745 g/mol. The number of unbranched alkanes of at least 4 members (excludes halogenated alkanes) is 7. The van der Waals surface area contributed by atoms with E-state index in [0.29, 0.717) is 12.8 Å². The van der Waals surface area contributed by atoms with E-state index in [2.05, 4.69) is 99.8 Å². The van der Waals surface area contributed by atoms with Crippen molar-refractivity contribution < 1.29 is 28.6 Å². The molecule has 0 heterocycles. The van der Waals surface area contributed by atoms with Gasteiger partial charge in [0.2, 0.25) is 0 Å². The Kier molecular flexibility index (Phi) is 38.3. The lowest BCUT2D eigenvalue weighted by Gasteiger charge is -2.18. The summed E-state index contributed by atoms with van der Waals surface area (Å²) in [6, 6.07) is 0. The number of carbonyl (C=O) groups excluding carboxylic acids is 3. The molecule has 0 aromatic carbocycles. The summed E-state index contributed by atoms with van der Waals surface area (Å²) in [5, 5.41) is 0.